The zero-order chi connectivity index (χ0) is 26.3. The first kappa shape index (κ1) is 25.9. The molecule has 0 amide bonds. The second-order valence-electron chi connectivity index (χ2n) is 10.1. The Morgan fingerprint density at radius 1 is 1.11 bits per heavy atom. The van der Waals surface area contributed by atoms with Crippen LogP contribution in [0.3, 0.4) is 0 Å². The van der Waals surface area contributed by atoms with Crippen LogP contribution < -0.4 is 5.32 Å². The number of halogens is 6. The molecule has 3 atom stereocenters. The summed E-state index contributed by atoms with van der Waals surface area (Å²) in [6.07, 6.45) is -3.03. The lowest BCUT2D eigenvalue weighted by molar-refractivity contribution is -0.155. The van der Waals surface area contributed by atoms with E-state index in [4.69, 9.17) is 0 Å². The second kappa shape index (κ2) is 10.2. The Morgan fingerprint density at radius 3 is 2.54 bits per heavy atom. The van der Waals surface area contributed by atoms with Gasteiger partial charge in [0.05, 0.1) is 19.3 Å². The van der Waals surface area contributed by atoms with E-state index in [0.29, 0.717) is 31.6 Å². The van der Waals surface area contributed by atoms with E-state index < -0.39 is 48.7 Å². The summed E-state index contributed by atoms with van der Waals surface area (Å²) in [6, 6.07) is 7.73. The van der Waals surface area contributed by atoms with Gasteiger partial charge in [0.1, 0.15) is 11.6 Å². The van der Waals surface area contributed by atoms with E-state index in [0.717, 1.165) is 46.5 Å². The van der Waals surface area contributed by atoms with Crippen molar-refractivity contribution in [2.45, 2.75) is 50.5 Å². The Kier molecular flexibility index (Phi) is 7.15. The zero-order valence-corrected chi connectivity index (χ0v) is 20.5. The van der Waals surface area contributed by atoms with Gasteiger partial charge in [-0.15, -0.1) is 0 Å². The predicted molar refractivity (Wildman–Crippen MR) is 131 cm³/mol. The lowest BCUT2D eigenvalue weighted by Gasteiger charge is -2.41. The van der Waals surface area contributed by atoms with Gasteiger partial charge in [-0.1, -0.05) is 18.2 Å². The van der Waals surface area contributed by atoms with E-state index in [1.165, 1.54) is 0 Å². The summed E-state index contributed by atoms with van der Waals surface area (Å²) in [6.45, 7) is 1.99. The van der Waals surface area contributed by atoms with E-state index in [1.807, 2.05) is 18.2 Å². The zero-order valence-electron chi connectivity index (χ0n) is 20.5. The third-order valence-electron chi connectivity index (χ3n) is 7.48. The maximum atomic E-state index is 15.6. The molecule has 2 aliphatic heterocycles. The molecule has 10 heteroatoms. The molecule has 1 aromatic heterocycles. The largest absolute Gasteiger partial charge is 0.401 e. The van der Waals surface area contributed by atoms with Gasteiger partial charge in [0.2, 0.25) is 0 Å². The van der Waals surface area contributed by atoms with Crippen molar-refractivity contribution < 1.29 is 26.3 Å². The van der Waals surface area contributed by atoms with Gasteiger partial charge in [0, 0.05) is 59.6 Å². The molecule has 5 rings (SSSR count). The molecule has 0 aliphatic carbocycles. The molecule has 200 valence electrons. The highest BCUT2D eigenvalue weighted by atomic mass is 19.4. The highest BCUT2D eigenvalue weighted by Crippen LogP contribution is 2.44. The summed E-state index contributed by atoms with van der Waals surface area (Å²) >= 11 is 0. The normalized spacial score (nSPS) is 23.1. The number of hydrogen-bond acceptors (Lipinski definition) is 3. The molecule has 2 unspecified atom stereocenters. The molecule has 3 aromatic rings. The fourth-order valence-corrected chi connectivity index (χ4v) is 5.87. The van der Waals surface area contributed by atoms with Gasteiger partial charge in [0.25, 0.3) is 0 Å². The highest BCUT2D eigenvalue weighted by molar-refractivity contribution is 5.85. The number of rotatable bonds is 7. The average molecular weight is 525 g/mol. The highest BCUT2D eigenvalue weighted by Gasteiger charge is 2.43. The minimum Gasteiger partial charge on any atom is -0.381 e. The SMILES string of the molecule is C[C@@H]1Cc2c([nH]c3ccccc23)C(c2c(F)cc(NC3CCN(CCCF)C3)cc2F)N1CC(F)(F)F. The van der Waals surface area contributed by atoms with Crippen LogP contribution in [0.25, 0.3) is 10.9 Å². The molecule has 2 aromatic carbocycles. The lowest BCUT2D eigenvalue weighted by atomic mass is 9.88. The van der Waals surface area contributed by atoms with Crippen LogP contribution in [-0.2, 0) is 6.42 Å². The molecule has 1 fully saturated rings. The minimum atomic E-state index is -4.54. The first-order valence-electron chi connectivity index (χ1n) is 12.6. The van der Waals surface area contributed by atoms with Crippen molar-refractivity contribution >= 4 is 16.6 Å². The minimum absolute atomic E-state index is 0.0546. The topological polar surface area (TPSA) is 34.3 Å². The molecule has 1 saturated heterocycles. The van der Waals surface area contributed by atoms with E-state index in [2.05, 4.69) is 15.2 Å². The molecule has 0 saturated carbocycles. The van der Waals surface area contributed by atoms with Gasteiger partial charge < -0.3 is 15.2 Å². The number of para-hydroxylation sites is 1. The average Bonchev–Trinajstić information content (AvgIpc) is 3.42. The molecule has 2 aliphatic rings. The molecular weight excluding hydrogens is 494 g/mol. The quantitative estimate of drug-likeness (QED) is 0.362. The number of aromatic amines is 1. The van der Waals surface area contributed by atoms with Crippen LogP contribution in [0, 0.1) is 11.6 Å². The van der Waals surface area contributed by atoms with Crippen molar-refractivity contribution in [1.29, 1.82) is 0 Å². The maximum Gasteiger partial charge on any atom is 0.401 e. The molecule has 37 heavy (non-hydrogen) atoms. The van der Waals surface area contributed by atoms with Crippen molar-refractivity contribution in [2.24, 2.45) is 0 Å². The monoisotopic (exact) mass is 524 g/mol. The third-order valence-corrected chi connectivity index (χ3v) is 7.48. The Hall–Kier alpha value is -2.72. The van der Waals surface area contributed by atoms with Crippen LogP contribution in [0.5, 0.6) is 0 Å². The number of alkyl halides is 4. The summed E-state index contributed by atoms with van der Waals surface area (Å²) in [4.78, 5) is 6.38. The van der Waals surface area contributed by atoms with Crippen molar-refractivity contribution in [2.75, 3.05) is 38.2 Å². The van der Waals surface area contributed by atoms with Crippen LogP contribution in [-0.4, -0.2) is 65.9 Å². The number of likely N-dealkylation sites (tertiary alicyclic amines) is 1. The number of aromatic nitrogens is 1. The molecule has 4 nitrogen and oxygen atoms in total. The second-order valence-corrected chi connectivity index (χ2v) is 10.1. The van der Waals surface area contributed by atoms with Crippen molar-refractivity contribution in [3.8, 4) is 0 Å². The Labute approximate surface area is 211 Å². The molecule has 2 N–H and O–H groups in total. The summed E-state index contributed by atoms with van der Waals surface area (Å²) in [5.41, 5.74) is 1.73. The lowest BCUT2D eigenvalue weighted by Crippen LogP contribution is -2.47. The summed E-state index contributed by atoms with van der Waals surface area (Å²) in [7, 11) is 0. The molecule has 0 bridgehead atoms. The molecule has 0 radical (unpaired) electrons. The standard InChI is InChI=1S/C27H30F6N4/c1-16-11-20-19-5-2-3-6-23(19)35-25(20)26(37(16)15-27(31,32)33)24-21(29)12-18(13-22(24)30)34-17-7-10-36(14-17)9-4-8-28/h2-3,5-6,12-13,16-17,26,34-35H,4,7-11,14-15H2,1H3/t16-,17?,26?/m1/s1. The number of H-pyrrole nitrogens is 1. The molecule has 0 spiro atoms. The third kappa shape index (κ3) is 5.31. The van der Waals surface area contributed by atoms with Gasteiger partial charge in [0.15, 0.2) is 0 Å². The number of fused-ring (bicyclic) bond motifs is 3. The van der Waals surface area contributed by atoms with Crippen molar-refractivity contribution in [1.82, 2.24) is 14.8 Å². The first-order valence-corrected chi connectivity index (χ1v) is 12.6. The van der Waals surface area contributed by atoms with E-state index in [9.17, 15) is 17.6 Å². The van der Waals surface area contributed by atoms with E-state index in [1.54, 1.807) is 13.0 Å². The summed E-state index contributed by atoms with van der Waals surface area (Å²) in [5.74, 6) is -1.80. The summed E-state index contributed by atoms with van der Waals surface area (Å²) in [5, 5.41) is 3.99. The number of nitrogens with one attached hydrogen (secondary N) is 2. The van der Waals surface area contributed by atoms with Gasteiger partial charge in [-0.3, -0.25) is 9.29 Å². The Balaban J connectivity index is 1.50. The number of benzene rings is 2. The van der Waals surface area contributed by atoms with Gasteiger partial charge in [-0.25, -0.2) is 8.78 Å². The van der Waals surface area contributed by atoms with Gasteiger partial charge >= 0.3 is 6.18 Å². The maximum absolute atomic E-state index is 15.6. The number of anilines is 1. The predicted octanol–water partition coefficient (Wildman–Crippen LogP) is 6.19. The van der Waals surface area contributed by atoms with Crippen LogP contribution in [0.15, 0.2) is 36.4 Å². The van der Waals surface area contributed by atoms with Gasteiger partial charge in [-0.2, -0.15) is 13.2 Å². The smallest absolute Gasteiger partial charge is 0.381 e. The Bertz CT molecular complexity index is 1230. The fraction of sp³-hybridized carbons (Fsp3) is 0.481. The van der Waals surface area contributed by atoms with Crippen molar-refractivity contribution in [3.05, 3.63) is 64.9 Å². The van der Waals surface area contributed by atoms with Crippen molar-refractivity contribution in [3.63, 3.8) is 0 Å². The fourth-order valence-electron chi connectivity index (χ4n) is 5.87. The van der Waals surface area contributed by atoms with Crippen LogP contribution in [0.1, 0.15) is 42.6 Å². The van der Waals surface area contributed by atoms with Crippen LogP contribution >= 0.6 is 0 Å². The first-order chi connectivity index (χ1) is 17.6. The van der Waals surface area contributed by atoms with Gasteiger partial charge in [-0.05, 0) is 49.9 Å². The number of nitrogens with zero attached hydrogens (tertiary/aromatic N) is 2. The summed E-state index contributed by atoms with van der Waals surface area (Å²) < 4.78 is 84.6. The molecular formula is C27H30F6N4. The van der Waals surface area contributed by atoms with Crippen LogP contribution in [0.4, 0.5) is 32.0 Å². The Morgan fingerprint density at radius 2 is 1.84 bits per heavy atom. The number of hydrogen-bond donors (Lipinski definition) is 2. The van der Waals surface area contributed by atoms with E-state index >= 15 is 8.78 Å². The van der Waals surface area contributed by atoms with Crippen LogP contribution in [0.2, 0.25) is 0 Å². The van der Waals surface area contributed by atoms with E-state index in [-0.39, 0.29) is 11.7 Å². The molecule has 3 heterocycles.